The Kier molecular flexibility index (Phi) is 4.46. The monoisotopic (exact) mass is 329 g/mol. The highest BCUT2D eigenvalue weighted by molar-refractivity contribution is 6.35. The fourth-order valence-corrected chi connectivity index (χ4v) is 3.22. The highest BCUT2D eigenvalue weighted by Gasteiger charge is 2.22. The van der Waals surface area contributed by atoms with Crippen molar-refractivity contribution in [1.82, 2.24) is 4.90 Å². The highest BCUT2D eigenvalue weighted by atomic mass is 35.5. The number of aryl methyl sites for hydroxylation is 1. The summed E-state index contributed by atoms with van der Waals surface area (Å²) in [4.78, 5) is 14.2. The van der Waals surface area contributed by atoms with E-state index in [1.165, 1.54) is 5.56 Å². The van der Waals surface area contributed by atoms with Crippen LogP contribution in [-0.4, -0.2) is 18.7 Å². The van der Waals surface area contributed by atoms with E-state index < -0.39 is 0 Å². The molecule has 0 spiro atoms. The number of hydrogen-bond donors (Lipinski definition) is 0. The first-order chi connectivity index (χ1) is 10.5. The van der Waals surface area contributed by atoms with Gasteiger partial charge in [-0.15, -0.1) is 0 Å². The Morgan fingerprint density at radius 3 is 2.64 bits per heavy atom. The molecular weight excluding hydrogens is 316 g/mol. The Labute approximate surface area is 141 Å². The number of benzene rings is 2. The lowest BCUT2D eigenvalue weighted by Gasteiger charge is -2.15. The first kappa shape index (κ1) is 15.5. The van der Waals surface area contributed by atoms with Crippen molar-refractivity contribution < 1.29 is 4.79 Å². The Morgan fingerprint density at radius 1 is 1.09 bits per heavy atom. The van der Waals surface area contributed by atoms with Gasteiger partial charge in [-0.3, -0.25) is 4.79 Å². The van der Waals surface area contributed by atoms with E-state index in [-0.39, 0.29) is 5.91 Å². The van der Waals surface area contributed by atoms with Gasteiger partial charge in [-0.25, -0.2) is 0 Å². The van der Waals surface area contributed by atoms with Crippen LogP contribution in [0.3, 0.4) is 0 Å². The molecule has 5 heteroatoms. The third-order valence-electron chi connectivity index (χ3n) is 3.93. The van der Waals surface area contributed by atoms with Gasteiger partial charge < -0.3 is 4.90 Å². The number of nitrogens with zero attached hydrogens (tertiary/aromatic N) is 1. The average Bonchev–Trinajstić information content (AvgIpc) is 2.89. The standard InChI is InChI=1S/C17H14BCl2NO/c18-14-4-1-12-9-21(10-13(12)7-14)17(22)6-3-11-2-5-15(19)8-16(11)20/h1-2,4-5,7-8H,3,6,9-10H2. The molecule has 2 nitrogen and oxygen atoms in total. The van der Waals surface area contributed by atoms with Gasteiger partial charge in [-0.1, -0.05) is 52.9 Å². The Balaban J connectivity index is 1.62. The summed E-state index contributed by atoms with van der Waals surface area (Å²) in [6.45, 7) is 1.29. The van der Waals surface area contributed by atoms with Crippen molar-refractivity contribution in [3.63, 3.8) is 0 Å². The molecule has 110 valence electrons. The molecule has 2 aromatic rings. The van der Waals surface area contributed by atoms with Crippen molar-refractivity contribution in [1.29, 1.82) is 0 Å². The predicted octanol–water partition coefficient (Wildman–Crippen LogP) is 3.26. The van der Waals surface area contributed by atoms with Gasteiger partial charge >= 0.3 is 0 Å². The minimum atomic E-state index is 0.126. The minimum Gasteiger partial charge on any atom is -0.334 e. The molecule has 2 radical (unpaired) electrons. The first-order valence-corrected chi connectivity index (χ1v) is 7.87. The number of hydrogen-bond acceptors (Lipinski definition) is 1. The molecule has 0 saturated carbocycles. The summed E-state index contributed by atoms with van der Waals surface area (Å²) >= 11 is 12.0. The Bertz CT molecular complexity index is 733. The molecule has 22 heavy (non-hydrogen) atoms. The number of carbonyl (C=O) groups is 1. The predicted molar refractivity (Wildman–Crippen MR) is 90.9 cm³/mol. The zero-order valence-electron chi connectivity index (χ0n) is 12.0. The van der Waals surface area contributed by atoms with Crippen LogP contribution in [0.25, 0.3) is 0 Å². The summed E-state index contributed by atoms with van der Waals surface area (Å²) in [5.74, 6) is 0.126. The molecule has 3 rings (SSSR count). The van der Waals surface area contributed by atoms with E-state index in [1.807, 2.05) is 29.2 Å². The molecule has 0 aromatic heterocycles. The number of rotatable bonds is 3. The lowest BCUT2D eigenvalue weighted by Crippen LogP contribution is -2.25. The molecular formula is C17H14BCl2NO. The second kappa shape index (κ2) is 6.35. The van der Waals surface area contributed by atoms with Gasteiger partial charge in [0.15, 0.2) is 0 Å². The largest absolute Gasteiger partial charge is 0.334 e. The van der Waals surface area contributed by atoms with Crippen molar-refractivity contribution in [3.05, 3.63) is 63.1 Å². The van der Waals surface area contributed by atoms with Crippen LogP contribution in [0.15, 0.2) is 36.4 Å². The zero-order chi connectivity index (χ0) is 15.7. The minimum absolute atomic E-state index is 0.126. The van der Waals surface area contributed by atoms with Gasteiger partial charge in [0.1, 0.15) is 7.85 Å². The molecule has 2 aromatic carbocycles. The zero-order valence-corrected chi connectivity index (χ0v) is 13.5. The van der Waals surface area contributed by atoms with Gasteiger partial charge in [0.25, 0.3) is 0 Å². The molecule has 0 fully saturated rings. The summed E-state index contributed by atoms with van der Waals surface area (Å²) in [6.07, 6.45) is 1.05. The van der Waals surface area contributed by atoms with E-state index in [0.29, 0.717) is 36.0 Å². The van der Waals surface area contributed by atoms with Crippen LogP contribution in [-0.2, 0) is 24.3 Å². The second-order valence-electron chi connectivity index (χ2n) is 5.51. The van der Waals surface area contributed by atoms with Gasteiger partial charge in [0.05, 0.1) is 0 Å². The molecule has 0 unspecified atom stereocenters. The maximum atomic E-state index is 12.4. The third kappa shape index (κ3) is 3.31. The molecule has 0 N–H and O–H groups in total. The molecule has 0 saturated heterocycles. The van der Waals surface area contributed by atoms with Crippen LogP contribution in [0.1, 0.15) is 23.1 Å². The van der Waals surface area contributed by atoms with Crippen molar-refractivity contribution in [2.75, 3.05) is 0 Å². The second-order valence-corrected chi connectivity index (χ2v) is 6.36. The van der Waals surface area contributed by atoms with Crippen LogP contribution in [0.4, 0.5) is 0 Å². The summed E-state index contributed by atoms with van der Waals surface area (Å²) in [6, 6.07) is 11.2. The first-order valence-electron chi connectivity index (χ1n) is 7.12. The smallest absolute Gasteiger partial charge is 0.223 e. The maximum absolute atomic E-state index is 12.4. The van der Waals surface area contributed by atoms with Crippen LogP contribution >= 0.6 is 23.2 Å². The van der Waals surface area contributed by atoms with E-state index in [0.717, 1.165) is 16.6 Å². The fraction of sp³-hybridized carbons (Fsp3) is 0.235. The normalized spacial score (nSPS) is 13.3. The van der Waals surface area contributed by atoms with E-state index in [2.05, 4.69) is 0 Å². The topological polar surface area (TPSA) is 20.3 Å². The Morgan fingerprint density at radius 2 is 1.86 bits per heavy atom. The van der Waals surface area contributed by atoms with Crippen LogP contribution in [0.5, 0.6) is 0 Å². The van der Waals surface area contributed by atoms with Gasteiger partial charge in [0.2, 0.25) is 5.91 Å². The Hall–Kier alpha value is -1.45. The molecule has 1 amide bonds. The van der Waals surface area contributed by atoms with Crippen LogP contribution < -0.4 is 5.46 Å². The molecule has 0 aliphatic carbocycles. The van der Waals surface area contributed by atoms with Crippen molar-refractivity contribution in [3.8, 4) is 0 Å². The van der Waals surface area contributed by atoms with Crippen molar-refractivity contribution >= 4 is 42.4 Å². The maximum Gasteiger partial charge on any atom is 0.223 e. The van der Waals surface area contributed by atoms with E-state index in [1.54, 1.807) is 12.1 Å². The van der Waals surface area contributed by atoms with Gasteiger partial charge in [-0.05, 0) is 35.2 Å². The van der Waals surface area contributed by atoms with Crippen LogP contribution in [0.2, 0.25) is 10.0 Å². The van der Waals surface area contributed by atoms with Crippen molar-refractivity contribution in [2.24, 2.45) is 0 Å². The van der Waals surface area contributed by atoms with Crippen molar-refractivity contribution in [2.45, 2.75) is 25.9 Å². The quantitative estimate of drug-likeness (QED) is 0.791. The third-order valence-corrected chi connectivity index (χ3v) is 4.52. The summed E-state index contributed by atoms with van der Waals surface area (Å²) in [7, 11) is 5.79. The number of fused-ring (bicyclic) bond motifs is 1. The molecule has 1 aliphatic heterocycles. The van der Waals surface area contributed by atoms with E-state index in [9.17, 15) is 4.79 Å². The fourth-order valence-electron chi connectivity index (χ4n) is 2.71. The van der Waals surface area contributed by atoms with Gasteiger partial charge in [-0.2, -0.15) is 0 Å². The summed E-state index contributed by atoms with van der Waals surface area (Å²) in [5, 5.41) is 1.21. The summed E-state index contributed by atoms with van der Waals surface area (Å²) < 4.78 is 0. The SMILES string of the molecule is [B]c1ccc2c(c1)CN(C(=O)CCc1ccc(Cl)cc1Cl)C2. The number of carbonyl (C=O) groups excluding carboxylic acids is 1. The lowest BCUT2D eigenvalue weighted by atomic mass is 9.93. The average molecular weight is 330 g/mol. The molecule has 1 aliphatic rings. The molecule has 0 atom stereocenters. The lowest BCUT2D eigenvalue weighted by molar-refractivity contribution is -0.131. The highest BCUT2D eigenvalue weighted by Crippen LogP contribution is 2.25. The van der Waals surface area contributed by atoms with E-state index in [4.69, 9.17) is 31.0 Å². The number of amides is 1. The number of halogens is 2. The summed E-state index contributed by atoms with van der Waals surface area (Å²) in [5.41, 5.74) is 3.99. The van der Waals surface area contributed by atoms with E-state index >= 15 is 0 Å². The molecule has 1 heterocycles. The van der Waals surface area contributed by atoms with Crippen LogP contribution in [0, 0.1) is 0 Å². The van der Waals surface area contributed by atoms with Gasteiger partial charge in [0, 0.05) is 29.6 Å². The molecule has 0 bridgehead atoms.